The number of rotatable bonds is 66. The highest BCUT2D eigenvalue weighted by Crippen LogP contribution is 2.45. The molecule has 0 aliphatic rings. The first-order valence-corrected chi connectivity index (χ1v) is 38.0. The molecule has 0 saturated heterocycles. The highest BCUT2D eigenvalue weighted by Gasteiger charge is 2.30. The van der Waals surface area contributed by atoms with Crippen molar-refractivity contribution in [3.8, 4) is 0 Å². The van der Waals surface area contributed by atoms with Crippen LogP contribution in [0.15, 0.2) is 24.3 Å². The van der Waals surface area contributed by atoms with Gasteiger partial charge in [0.25, 0.3) is 0 Å². The fraction of sp³-hybridized carbons (Fsp3) is 0.882. The van der Waals surface area contributed by atoms with Gasteiger partial charge in [0, 0.05) is 25.7 Å². The van der Waals surface area contributed by atoms with Gasteiger partial charge in [-0.15, -0.1) is 0 Å². The number of ether oxygens (including phenoxy) is 4. The molecule has 6 atom stereocenters. The van der Waals surface area contributed by atoms with Gasteiger partial charge in [0.15, 0.2) is 12.2 Å². The number of esters is 4. The van der Waals surface area contributed by atoms with Crippen molar-refractivity contribution in [2.45, 2.75) is 342 Å². The van der Waals surface area contributed by atoms with Crippen molar-refractivity contribution in [1.29, 1.82) is 0 Å². The number of carbonyl (C=O) groups excluding carboxylic acids is 4. The molecule has 0 bridgehead atoms. The molecule has 3 unspecified atom stereocenters. The highest BCUT2D eigenvalue weighted by atomic mass is 31.2. The third-order valence-electron chi connectivity index (χ3n) is 15.5. The standard InChI is InChI=1S/C68H128O17P2/c1-6-10-13-16-18-20-21-22-23-27-30-34-37-42-47-52-66(71)79-58-64(85-68(73)54-49-44-39-35-31-28-25-24-26-29-33-36-41-45-50-61(5)9-4)60-83-87(76,77)81-56-62(69)55-80-86(74,75)82-59-63(57-78-65(70)51-46-40-15-12-8-3)84-67(72)53-48-43-38-32-19-17-14-11-7-2/h20-23,61-64,69H,6-19,24-60H2,1-5H3,(H,74,75)(H,76,77)/b21-20-,23-22-/t61?,62-,63+,64+/m0/s1. The van der Waals surface area contributed by atoms with Gasteiger partial charge in [-0.1, -0.05) is 271 Å². The second-order valence-electron chi connectivity index (χ2n) is 24.1. The molecule has 0 aromatic carbocycles. The molecule has 17 nitrogen and oxygen atoms in total. The zero-order valence-electron chi connectivity index (χ0n) is 55.6. The normalized spacial score (nSPS) is 14.6. The van der Waals surface area contributed by atoms with Gasteiger partial charge in [0.05, 0.1) is 26.4 Å². The van der Waals surface area contributed by atoms with Gasteiger partial charge >= 0.3 is 39.5 Å². The summed E-state index contributed by atoms with van der Waals surface area (Å²) in [6, 6.07) is 0. The van der Waals surface area contributed by atoms with Crippen LogP contribution in [0.4, 0.5) is 0 Å². The lowest BCUT2D eigenvalue weighted by Crippen LogP contribution is -2.30. The van der Waals surface area contributed by atoms with Gasteiger partial charge in [-0.2, -0.15) is 0 Å². The van der Waals surface area contributed by atoms with E-state index in [1.54, 1.807) is 0 Å². The first-order chi connectivity index (χ1) is 42.1. The smallest absolute Gasteiger partial charge is 0.462 e. The SMILES string of the molecule is CCCCCC/C=C\C=C/CCCCCCCC(=O)OC[C@H](COP(=O)(O)OC[C@@H](O)COP(=O)(O)OC[C@@H](COC(=O)CCCCCCC)OC(=O)CCCCCCCCCCC)OC(=O)CCCCCCCCCCCCCCCCC(C)CC. The van der Waals surface area contributed by atoms with E-state index in [9.17, 15) is 43.2 Å². The number of hydrogen-bond donors (Lipinski definition) is 3. The summed E-state index contributed by atoms with van der Waals surface area (Å²) < 4.78 is 67.9. The molecule has 0 rings (SSSR count). The third kappa shape index (κ3) is 60.9. The lowest BCUT2D eigenvalue weighted by Gasteiger charge is -2.21. The van der Waals surface area contributed by atoms with Crippen LogP contribution in [0.5, 0.6) is 0 Å². The Bertz CT molecular complexity index is 1780. The minimum absolute atomic E-state index is 0.101. The Morgan fingerprint density at radius 3 is 0.977 bits per heavy atom. The minimum atomic E-state index is -4.95. The van der Waals surface area contributed by atoms with E-state index in [4.69, 9.17) is 37.0 Å². The highest BCUT2D eigenvalue weighted by molar-refractivity contribution is 7.47. The van der Waals surface area contributed by atoms with Crippen LogP contribution in [0.3, 0.4) is 0 Å². The van der Waals surface area contributed by atoms with E-state index >= 15 is 0 Å². The molecule has 0 aliphatic heterocycles. The fourth-order valence-corrected chi connectivity index (χ4v) is 11.3. The zero-order chi connectivity index (χ0) is 64.2. The summed E-state index contributed by atoms with van der Waals surface area (Å²) in [7, 11) is -9.89. The topological polar surface area (TPSA) is 237 Å². The molecule has 3 N–H and O–H groups in total. The average Bonchev–Trinajstić information content (AvgIpc) is 3.71. The Balaban J connectivity index is 5.19. The van der Waals surface area contributed by atoms with Crippen molar-refractivity contribution in [2.75, 3.05) is 39.6 Å². The molecule has 0 saturated carbocycles. The summed E-state index contributed by atoms with van der Waals surface area (Å²) in [4.78, 5) is 72.1. The van der Waals surface area contributed by atoms with Crippen LogP contribution in [-0.2, 0) is 65.4 Å². The van der Waals surface area contributed by atoms with Gasteiger partial charge in [-0.3, -0.25) is 37.3 Å². The number of allylic oxidation sites excluding steroid dienone is 4. The first kappa shape index (κ1) is 84.5. The lowest BCUT2D eigenvalue weighted by atomic mass is 9.99. The summed E-state index contributed by atoms with van der Waals surface area (Å²) in [5.74, 6) is -1.33. The predicted octanol–water partition coefficient (Wildman–Crippen LogP) is 18.9. The van der Waals surface area contributed by atoms with Crippen LogP contribution in [-0.4, -0.2) is 96.7 Å². The minimum Gasteiger partial charge on any atom is -0.462 e. The Kier molecular flexibility index (Phi) is 59.3. The molecule has 0 aromatic heterocycles. The Morgan fingerprint density at radius 2 is 0.644 bits per heavy atom. The summed E-state index contributed by atoms with van der Waals surface area (Å²) >= 11 is 0. The van der Waals surface area contributed by atoms with Crippen LogP contribution < -0.4 is 0 Å². The van der Waals surface area contributed by atoms with Gasteiger partial charge in [-0.25, -0.2) is 9.13 Å². The average molecular weight is 1280 g/mol. The predicted molar refractivity (Wildman–Crippen MR) is 349 cm³/mol. The van der Waals surface area contributed by atoms with Crippen LogP contribution in [0.25, 0.3) is 0 Å². The van der Waals surface area contributed by atoms with Crippen molar-refractivity contribution in [3.63, 3.8) is 0 Å². The molecule has 87 heavy (non-hydrogen) atoms. The zero-order valence-corrected chi connectivity index (χ0v) is 57.4. The number of hydrogen-bond acceptors (Lipinski definition) is 15. The van der Waals surface area contributed by atoms with Crippen LogP contribution in [0.1, 0.15) is 324 Å². The van der Waals surface area contributed by atoms with E-state index in [2.05, 4.69) is 58.9 Å². The molecule has 0 aromatic rings. The second kappa shape index (κ2) is 61.1. The molecule has 0 spiro atoms. The van der Waals surface area contributed by atoms with Gasteiger partial charge in [-0.05, 0) is 57.3 Å². The Morgan fingerprint density at radius 1 is 0.368 bits per heavy atom. The summed E-state index contributed by atoms with van der Waals surface area (Å²) in [6.07, 6.45) is 49.7. The molecular formula is C68H128O17P2. The van der Waals surface area contributed by atoms with Gasteiger partial charge in [0.2, 0.25) is 0 Å². The maximum absolute atomic E-state index is 13.0. The number of unbranched alkanes of at least 4 members (excludes halogenated alkanes) is 34. The summed E-state index contributed by atoms with van der Waals surface area (Å²) in [6.45, 7) is 7.11. The second-order valence-corrected chi connectivity index (χ2v) is 27.0. The maximum Gasteiger partial charge on any atom is 0.472 e. The summed E-state index contributed by atoms with van der Waals surface area (Å²) in [5, 5.41) is 10.5. The molecule has 0 radical (unpaired) electrons. The quantitative estimate of drug-likeness (QED) is 0.0169. The first-order valence-electron chi connectivity index (χ1n) is 35.0. The number of carbonyl (C=O) groups is 4. The van der Waals surface area contributed by atoms with Gasteiger partial charge in [0.1, 0.15) is 19.3 Å². The van der Waals surface area contributed by atoms with E-state index in [1.165, 1.54) is 122 Å². The van der Waals surface area contributed by atoms with Crippen molar-refractivity contribution in [2.24, 2.45) is 5.92 Å². The molecule has 0 fully saturated rings. The van der Waals surface area contributed by atoms with Crippen molar-refractivity contribution >= 4 is 39.5 Å². The maximum atomic E-state index is 13.0. The third-order valence-corrected chi connectivity index (χ3v) is 17.4. The Labute approximate surface area is 529 Å². The van der Waals surface area contributed by atoms with Crippen LogP contribution in [0.2, 0.25) is 0 Å². The number of phosphoric acid groups is 2. The largest absolute Gasteiger partial charge is 0.472 e. The molecule has 0 aliphatic carbocycles. The molecule has 0 heterocycles. The summed E-state index contributed by atoms with van der Waals surface area (Å²) in [5.41, 5.74) is 0. The lowest BCUT2D eigenvalue weighted by molar-refractivity contribution is -0.161. The molecule has 0 amide bonds. The van der Waals surface area contributed by atoms with Crippen molar-refractivity contribution < 1.29 is 80.2 Å². The molecular weight excluding hydrogens is 1150 g/mol. The fourth-order valence-electron chi connectivity index (χ4n) is 9.72. The van der Waals surface area contributed by atoms with E-state index in [-0.39, 0.29) is 25.7 Å². The van der Waals surface area contributed by atoms with E-state index in [0.717, 1.165) is 121 Å². The van der Waals surface area contributed by atoms with E-state index in [0.29, 0.717) is 25.7 Å². The van der Waals surface area contributed by atoms with E-state index in [1.807, 2.05) is 0 Å². The van der Waals surface area contributed by atoms with Crippen LogP contribution >= 0.6 is 15.6 Å². The number of aliphatic hydroxyl groups is 1. The molecule has 19 heteroatoms. The molecule has 512 valence electrons. The van der Waals surface area contributed by atoms with Crippen molar-refractivity contribution in [3.05, 3.63) is 24.3 Å². The van der Waals surface area contributed by atoms with Crippen LogP contribution in [0, 0.1) is 5.92 Å². The number of phosphoric ester groups is 2. The number of aliphatic hydroxyl groups excluding tert-OH is 1. The van der Waals surface area contributed by atoms with Crippen molar-refractivity contribution in [1.82, 2.24) is 0 Å². The Hall–Kier alpha value is -2.46. The van der Waals surface area contributed by atoms with Gasteiger partial charge < -0.3 is 33.8 Å². The monoisotopic (exact) mass is 1280 g/mol. The van der Waals surface area contributed by atoms with E-state index < -0.39 is 97.5 Å².